The molecule has 0 aromatic carbocycles. The van der Waals surface area contributed by atoms with E-state index in [9.17, 15) is 8.78 Å². The van der Waals surface area contributed by atoms with Crippen LogP contribution >= 0.6 is 38.5 Å². The fraction of sp³-hybridized carbons (Fsp3) is 0.286. The van der Waals surface area contributed by atoms with Crippen LogP contribution in [0.2, 0.25) is 0 Å². The second-order valence-electron chi connectivity index (χ2n) is 2.26. The molecular weight excluding hydrogens is 359 g/mol. The summed E-state index contributed by atoms with van der Waals surface area (Å²) in [5, 5.41) is 8.83. The van der Waals surface area contributed by atoms with Crippen LogP contribution < -0.4 is 0 Å². The summed E-state index contributed by atoms with van der Waals surface area (Å²) in [7, 11) is 0. The smallest absolute Gasteiger partial charge is 0.264 e. The molecule has 0 spiro atoms. The Morgan fingerprint density at radius 3 is 2.69 bits per heavy atom. The van der Waals surface area contributed by atoms with E-state index in [0.29, 0.717) is 3.70 Å². The SMILES string of the molecule is OCc1c(C(F)F)cc(I)nc1Br. The van der Waals surface area contributed by atoms with Crippen molar-refractivity contribution in [1.29, 1.82) is 0 Å². The number of alkyl halides is 2. The van der Waals surface area contributed by atoms with E-state index < -0.39 is 13.0 Å². The Kier molecular flexibility index (Phi) is 3.99. The van der Waals surface area contributed by atoms with Crippen molar-refractivity contribution in [3.63, 3.8) is 0 Å². The number of aromatic nitrogens is 1. The Hall–Kier alpha value is 0.180. The van der Waals surface area contributed by atoms with Gasteiger partial charge in [0.1, 0.15) is 8.30 Å². The standard InChI is InChI=1S/C7H5BrF2INO/c8-6-4(2-13)3(7(9)10)1-5(11)12-6/h1,7,13H,2H2. The monoisotopic (exact) mass is 363 g/mol. The van der Waals surface area contributed by atoms with E-state index in [1.165, 1.54) is 6.07 Å². The van der Waals surface area contributed by atoms with E-state index in [4.69, 9.17) is 5.11 Å². The highest BCUT2D eigenvalue weighted by Crippen LogP contribution is 2.28. The first-order valence-electron chi connectivity index (χ1n) is 3.30. The van der Waals surface area contributed by atoms with Crippen LogP contribution in [0.15, 0.2) is 10.7 Å². The van der Waals surface area contributed by atoms with Crippen molar-refractivity contribution in [2.24, 2.45) is 0 Å². The first-order chi connectivity index (χ1) is 6.06. The molecule has 1 heterocycles. The fourth-order valence-corrected chi connectivity index (χ4v) is 2.33. The largest absolute Gasteiger partial charge is 0.392 e. The van der Waals surface area contributed by atoms with Gasteiger partial charge < -0.3 is 5.11 Å². The number of hydrogen-bond donors (Lipinski definition) is 1. The van der Waals surface area contributed by atoms with Gasteiger partial charge in [-0.05, 0) is 44.6 Å². The third kappa shape index (κ3) is 2.57. The molecule has 0 atom stereocenters. The predicted octanol–water partition coefficient (Wildman–Crippen LogP) is 2.88. The molecule has 0 radical (unpaired) electrons. The van der Waals surface area contributed by atoms with Gasteiger partial charge >= 0.3 is 0 Å². The highest BCUT2D eigenvalue weighted by Gasteiger charge is 2.16. The van der Waals surface area contributed by atoms with Crippen LogP contribution in [0.1, 0.15) is 17.6 Å². The van der Waals surface area contributed by atoms with Crippen molar-refractivity contribution >= 4 is 38.5 Å². The molecule has 72 valence electrons. The average Bonchev–Trinajstić information content (AvgIpc) is 2.02. The highest BCUT2D eigenvalue weighted by atomic mass is 127. The Balaban J connectivity index is 3.29. The highest BCUT2D eigenvalue weighted by molar-refractivity contribution is 14.1. The van der Waals surface area contributed by atoms with Crippen molar-refractivity contribution in [3.05, 3.63) is 25.5 Å². The maximum atomic E-state index is 12.4. The van der Waals surface area contributed by atoms with Gasteiger partial charge in [-0.15, -0.1) is 0 Å². The van der Waals surface area contributed by atoms with E-state index >= 15 is 0 Å². The molecule has 6 heteroatoms. The predicted molar refractivity (Wildman–Crippen MR) is 55.5 cm³/mol. The zero-order chi connectivity index (χ0) is 10.0. The third-order valence-electron chi connectivity index (χ3n) is 1.47. The lowest BCUT2D eigenvalue weighted by atomic mass is 10.1. The van der Waals surface area contributed by atoms with Crippen molar-refractivity contribution < 1.29 is 13.9 Å². The number of halogens is 4. The minimum atomic E-state index is -2.59. The van der Waals surface area contributed by atoms with Crippen LogP contribution in [0.3, 0.4) is 0 Å². The quantitative estimate of drug-likeness (QED) is 0.647. The molecule has 0 saturated heterocycles. The number of aliphatic hydroxyl groups is 1. The second-order valence-corrected chi connectivity index (χ2v) is 4.12. The van der Waals surface area contributed by atoms with Gasteiger partial charge in [0.2, 0.25) is 0 Å². The summed E-state index contributed by atoms with van der Waals surface area (Å²) < 4.78 is 25.6. The van der Waals surface area contributed by atoms with Gasteiger partial charge in [0.25, 0.3) is 6.43 Å². The molecule has 13 heavy (non-hydrogen) atoms. The number of hydrogen-bond acceptors (Lipinski definition) is 2. The van der Waals surface area contributed by atoms with Crippen molar-refractivity contribution in [2.75, 3.05) is 0 Å². The lowest BCUT2D eigenvalue weighted by Gasteiger charge is -2.08. The molecule has 1 N–H and O–H groups in total. The molecule has 0 bridgehead atoms. The van der Waals surface area contributed by atoms with Crippen molar-refractivity contribution in [2.45, 2.75) is 13.0 Å². The van der Waals surface area contributed by atoms with E-state index in [2.05, 4.69) is 20.9 Å². The van der Waals surface area contributed by atoms with Crippen LogP contribution in [0.5, 0.6) is 0 Å². The summed E-state index contributed by atoms with van der Waals surface area (Å²) in [5.74, 6) is 0. The Labute approximate surface area is 95.6 Å². The summed E-state index contributed by atoms with van der Waals surface area (Å²) in [4.78, 5) is 3.90. The summed E-state index contributed by atoms with van der Waals surface area (Å²) in [5.41, 5.74) is -0.0239. The third-order valence-corrected chi connectivity index (χ3v) is 2.68. The number of aliphatic hydroxyl groups excluding tert-OH is 1. The Morgan fingerprint density at radius 1 is 1.62 bits per heavy atom. The molecule has 0 amide bonds. The number of rotatable bonds is 2. The van der Waals surface area contributed by atoms with E-state index in [0.717, 1.165) is 0 Å². The van der Waals surface area contributed by atoms with Crippen molar-refractivity contribution in [3.8, 4) is 0 Å². The molecule has 1 rings (SSSR count). The van der Waals surface area contributed by atoms with Crippen LogP contribution in [-0.2, 0) is 6.61 Å². The maximum Gasteiger partial charge on any atom is 0.264 e. The maximum absolute atomic E-state index is 12.4. The lowest BCUT2D eigenvalue weighted by Crippen LogP contribution is -1.99. The van der Waals surface area contributed by atoms with Gasteiger partial charge in [-0.25, -0.2) is 13.8 Å². The molecule has 0 fully saturated rings. The van der Waals surface area contributed by atoms with Gasteiger partial charge in [-0.3, -0.25) is 0 Å². The summed E-state index contributed by atoms with van der Waals surface area (Å²) in [6.07, 6.45) is -2.59. The molecule has 0 saturated carbocycles. The fourth-order valence-electron chi connectivity index (χ4n) is 0.879. The zero-order valence-corrected chi connectivity index (χ0v) is 10.0. The lowest BCUT2D eigenvalue weighted by molar-refractivity contribution is 0.146. The molecule has 0 unspecified atom stereocenters. The molecule has 2 nitrogen and oxygen atoms in total. The van der Waals surface area contributed by atoms with Gasteiger partial charge in [-0.1, -0.05) is 0 Å². The summed E-state index contributed by atoms with van der Waals surface area (Å²) in [6, 6.07) is 1.27. The summed E-state index contributed by atoms with van der Waals surface area (Å²) in [6.45, 7) is -0.440. The van der Waals surface area contributed by atoms with Gasteiger partial charge in [0, 0.05) is 11.1 Å². The van der Waals surface area contributed by atoms with E-state index in [-0.39, 0.29) is 15.7 Å². The molecular formula is C7H5BrF2INO. The Bertz CT molecular complexity index is 322. The minimum absolute atomic E-state index is 0.149. The first-order valence-corrected chi connectivity index (χ1v) is 5.17. The normalized spacial score (nSPS) is 10.9. The zero-order valence-electron chi connectivity index (χ0n) is 6.27. The molecule has 0 aliphatic carbocycles. The van der Waals surface area contributed by atoms with Crippen LogP contribution in [-0.4, -0.2) is 10.1 Å². The topological polar surface area (TPSA) is 33.1 Å². The van der Waals surface area contributed by atoms with Gasteiger partial charge in [0.05, 0.1) is 6.61 Å². The van der Waals surface area contributed by atoms with E-state index in [1.807, 2.05) is 22.6 Å². The van der Waals surface area contributed by atoms with E-state index in [1.54, 1.807) is 0 Å². The molecule has 1 aromatic heterocycles. The molecule has 0 aliphatic heterocycles. The minimum Gasteiger partial charge on any atom is -0.392 e. The first kappa shape index (κ1) is 11.3. The van der Waals surface area contributed by atoms with Crippen LogP contribution in [0, 0.1) is 3.70 Å². The Morgan fingerprint density at radius 2 is 2.23 bits per heavy atom. The molecule has 0 aliphatic rings. The number of nitrogens with zero attached hydrogens (tertiary/aromatic N) is 1. The van der Waals surface area contributed by atoms with Gasteiger partial charge in [-0.2, -0.15) is 0 Å². The van der Waals surface area contributed by atoms with Crippen molar-refractivity contribution in [1.82, 2.24) is 4.98 Å². The number of pyridine rings is 1. The molecule has 1 aromatic rings. The van der Waals surface area contributed by atoms with Crippen LogP contribution in [0.4, 0.5) is 8.78 Å². The average molecular weight is 364 g/mol. The van der Waals surface area contributed by atoms with Crippen LogP contribution in [0.25, 0.3) is 0 Å². The van der Waals surface area contributed by atoms with Gasteiger partial charge in [0.15, 0.2) is 0 Å². The summed E-state index contributed by atoms with van der Waals surface area (Å²) >= 11 is 4.86. The second kappa shape index (κ2) is 4.61.